The molecular weight excluding hydrogens is 1730 g/mol. The smallest absolute Gasteiger partial charge is 0.261 e. The predicted molar refractivity (Wildman–Crippen MR) is 505 cm³/mol. The summed E-state index contributed by atoms with van der Waals surface area (Å²) in [5.41, 5.74) is 18.2. The van der Waals surface area contributed by atoms with Crippen LogP contribution in [0.2, 0.25) is 72.5 Å². The van der Waals surface area contributed by atoms with Crippen molar-refractivity contribution >= 4 is 147 Å². The van der Waals surface area contributed by atoms with Gasteiger partial charge in [0.2, 0.25) is 11.8 Å². The van der Waals surface area contributed by atoms with Crippen LogP contribution in [-0.4, -0.2) is 199 Å². The number of amides is 8. The number of primary amides is 2. The minimum absolute atomic E-state index is 0.0351. The summed E-state index contributed by atoms with van der Waals surface area (Å²) in [6.45, 7) is 48.4. The summed E-state index contributed by atoms with van der Waals surface area (Å²) < 4.78 is 37.7. The lowest BCUT2D eigenvalue weighted by Gasteiger charge is -2.36. The standard InChI is InChI=1S/C30H45N5O4Si2.C25H33N5O4Si.C18H17N5O4.C12H23N3O2Si.C5H7N3O/c1-29(2,3)40(7,8)38-16-12-15-35-17-22(21-13-11-14-31-26(21)35)24-25(28(37)33-27(24)36)23-18-34(19-32-23)20-39-41(9,10)30(4,5)6;1-25(2,3)35(4,5)34-13-7-10-30-14-18(17-8-6-9-26-22(17)30)20-21(24(33)28-23(20)32)19-15-29(11-12-31)16-27-19;24-6-2-5-23-7-12(11-3-1-4-19-16(11)23)14-15(18(27)21-17(14)26)13-8-22(10-25)9-20-13;1-12(2,3)18(4,5)17-9-15-7-10(14-8-15)6-11(13)16;6-5(9)1-4-2-7-3-8-4/h11,13-14,17-19H,12,15-16,20H2,1-10H3,(H,33,36,37);6,8-9,14-16,31H,7,10-13H2,1-5H3,(H,28,32,33);1,3-4,7-9,24-25H,2,5-6,10H2,(H,21,26,27);7-8H,6,9H2,1-5H3,(H2,13,16);2-3H,1H2,(H2,6,9)(H,7,8). The summed E-state index contributed by atoms with van der Waals surface area (Å²) >= 11 is 0. The molecule has 11 N–H and O–H groups in total. The van der Waals surface area contributed by atoms with Crippen LogP contribution in [0.1, 0.15) is 148 Å². The highest BCUT2D eigenvalue weighted by Gasteiger charge is 2.43. The zero-order valence-corrected chi connectivity index (χ0v) is 82.1. The molecule has 0 aromatic carbocycles. The van der Waals surface area contributed by atoms with Crippen molar-refractivity contribution in [2.45, 2.75) is 234 Å². The van der Waals surface area contributed by atoms with Crippen molar-refractivity contribution in [1.82, 2.24) is 92.8 Å². The molecule has 0 spiro atoms. The molecule has 8 amide bonds. The van der Waals surface area contributed by atoms with E-state index in [-0.39, 0.29) is 87.0 Å². The number of aromatic nitrogens is 16. The first-order valence-corrected chi connectivity index (χ1v) is 54.8. The average Bonchev–Trinajstić information content (AvgIpc) is 1.60. The van der Waals surface area contributed by atoms with Gasteiger partial charge >= 0.3 is 0 Å². The molecule has 11 aromatic rings. The second-order valence-electron chi connectivity index (χ2n) is 38.2. The van der Waals surface area contributed by atoms with Gasteiger partial charge in [0.05, 0.1) is 107 Å². The molecule has 14 heterocycles. The molecule has 11 aromatic heterocycles. The van der Waals surface area contributed by atoms with Gasteiger partial charge in [0, 0.05) is 153 Å². The molecule has 14 rings (SSSR count). The van der Waals surface area contributed by atoms with Gasteiger partial charge in [-0.2, -0.15) is 0 Å². The van der Waals surface area contributed by atoms with E-state index in [2.05, 4.69) is 196 Å². The number of pyridine rings is 3. The molecule has 696 valence electrons. The van der Waals surface area contributed by atoms with Crippen LogP contribution in [0.4, 0.5) is 0 Å². The molecule has 0 bridgehead atoms. The number of nitrogens with one attached hydrogen (secondary N) is 4. The van der Waals surface area contributed by atoms with Crippen LogP contribution in [-0.2, 0) is 115 Å². The van der Waals surface area contributed by atoms with Crippen molar-refractivity contribution in [2.24, 2.45) is 11.5 Å². The third-order valence-corrected chi connectivity index (χ3v) is 42.6. The van der Waals surface area contributed by atoms with Gasteiger partial charge in [-0.3, -0.25) is 54.3 Å². The molecule has 0 fully saturated rings. The Kier molecular flexibility index (Phi) is 32.1. The number of carbonyl (C=O) groups excluding carboxylic acids is 8. The summed E-state index contributed by atoms with van der Waals surface area (Å²) in [7, 11) is -7.39. The number of carbonyl (C=O) groups is 8. The molecule has 0 aliphatic carbocycles. The number of H-pyrrole nitrogens is 1. The van der Waals surface area contributed by atoms with Gasteiger partial charge in [0.15, 0.2) is 33.3 Å². The summed E-state index contributed by atoms with van der Waals surface area (Å²) in [5, 5.41) is 37.7. The first kappa shape index (κ1) is 100. The number of aliphatic hydroxyl groups is 3. The Morgan fingerprint density at radius 3 is 1.08 bits per heavy atom. The number of hydrogen-bond donors (Lipinski definition) is 9. The van der Waals surface area contributed by atoms with E-state index in [1.807, 2.05) is 65.6 Å². The number of nitrogens with two attached hydrogens (primary N) is 2. The van der Waals surface area contributed by atoms with Gasteiger partial charge in [0.25, 0.3) is 35.4 Å². The van der Waals surface area contributed by atoms with E-state index in [0.717, 1.165) is 46.0 Å². The molecule has 36 nitrogen and oxygen atoms in total. The highest BCUT2D eigenvalue weighted by Crippen LogP contribution is 2.43. The van der Waals surface area contributed by atoms with Crippen LogP contribution in [0, 0.1) is 0 Å². The lowest BCUT2D eigenvalue weighted by Crippen LogP contribution is -2.41. The second-order valence-corrected chi connectivity index (χ2v) is 57.4. The van der Waals surface area contributed by atoms with E-state index in [4.69, 9.17) is 34.3 Å². The van der Waals surface area contributed by atoms with Crippen molar-refractivity contribution in [2.75, 3.05) is 26.4 Å². The number of hydrogen-bond acceptors (Lipinski definition) is 23. The number of aliphatic hydroxyl groups excluding tert-OH is 3. The van der Waals surface area contributed by atoms with Crippen molar-refractivity contribution in [3.8, 4) is 0 Å². The largest absolute Gasteiger partial charge is 0.417 e. The summed E-state index contributed by atoms with van der Waals surface area (Å²) in [6, 6.07) is 11.1. The molecule has 3 aliphatic heterocycles. The van der Waals surface area contributed by atoms with Gasteiger partial charge in [0.1, 0.15) is 37.1 Å². The molecule has 0 radical (unpaired) electrons. The Balaban J connectivity index is 0.000000180. The number of aryl methyl sites for hydroxylation is 3. The SMILES string of the molecule is CC(C)(C)[Si](C)(C)OCCCn1cc(C2=C(c3cn(CCO)cn3)C(=O)NC2=O)c2cccnc21.CC(C)(C)[Si](C)(C)OCCCn1cc(C2=C(c3cn(CO[Si](C)(C)C(C)(C)C)cn3)C(=O)NC2=O)c2cccnc21.CC(C)(C)[Si](C)(C)OCn1cnc(CC(N)=O)c1.NC(=O)Cc1cnc[nH]1.O=C1NC(=O)C(c2cn(CCCO)c3ncccc23)=C1c1cn(CO)cn1. The molecule has 0 saturated carbocycles. The molecule has 0 atom stereocenters. The van der Waals surface area contributed by atoms with Crippen LogP contribution < -0.4 is 27.4 Å². The van der Waals surface area contributed by atoms with Crippen LogP contribution in [0.15, 0.2) is 136 Å². The fourth-order valence-electron chi connectivity index (χ4n) is 13.2. The lowest BCUT2D eigenvalue weighted by molar-refractivity contribution is -0.124. The van der Waals surface area contributed by atoms with Crippen LogP contribution >= 0.6 is 0 Å². The minimum Gasteiger partial charge on any atom is -0.417 e. The fraction of sp³-hybridized carbons (Fsp3) is 0.444. The third-order valence-electron chi connectivity index (χ3n) is 24.6. The summed E-state index contributed by atoms with van der Waals surface area (Å²) in [6.07, 6.45) is 29.4. The van der Waals surface area contributed by atoms with E-state index >= 15 is 0 Å². The van der Waals surface area contributed by atoms with Crippen molar-refractivity contribution in [3.63, 3.8) is 0 Å². The number of rotatable bonds is 32. The molecule has 3 aliphatic rings. The van der Waals surface area contributed by atoms with Crippen molar-refractivity contribution in [1.29, 1.82) is 0 Å². The number of fused-ring (bicyclic) bond motifs is 3. The Morgan fingerprint density at radius 1 is 0.400 bits per heavy atom. The Morgan fingerprint density at radius 2 is 0.738 bits per heavy atom. The monoisotopic (exact) mass is 1850 g/mol. The zero-order chi connectivity index (χ0) is 95.4. The first-order chi connectivity index (χ1) is 61.0. The molecule has 0 saturated heterocycles. The van der Waals surface area contributed by atoms with Gasteiger partial charge in [-0.05, 0) is 128 Å². The molecular formula is C90H125N21O15Si4. The predicted octanol–water partition coefficient (Wildman–Crippen LogP) is 10.9. The average molecular weight is 1850 g/mol. The molecule has 40 heteroatoms. The van der Waals surface area contributed by atoms with Crippen LogP contribution in [0.5, 0.6) is 0 Å². The van der Waals surface area contributed by atoms with E-state index in [0.29, 0.717) is 116 Å². The molecule has 130 heavy (non-hydrogen) atoms. The maximum atomic E-state index is 13.2. The third kappa shape index (κ3) is 24.1. The maximum Gasteiger partial charge on any atom is 0.261 e. The van der Waals surface area contributed by atoms with E-state index in [1.165, 1.54) is 23.4 Å². The lowest BCUT2D eigenvalue weighted by atomic mass is 10.00. The maximum absolute atomic E-state index is 13.2. The highest BCUT2D eigenvalue weighted by molar-refractivity contribution is 6.75. The van der Waals surface area contributed by atoms with Crippen molar-refractivity contribution < 1.29 is 71.4 Å². The Hall–Kier alpha value is -11.7. The first-order valence-electron chi connectivity index (χ1n) is 43.1. The van der Waals surface area contributed by atoms with E-state index < -0.39 is 68.7 Å². The minimum atomic E-state index is -1.97. The number of imidazole rings is 5. The van der Waals surface area contributed by atoms with Gasteiger partial charge in [-0.15, -0.1) is 0 Å². The van der Waals surface area contributed by atoms with Gasteiger partial charge < -0.3 is 81.4 Å². The number of nitrogens with zero attached hydrogens (tertiary/aromatic N) is 15. The zero-order valence-electron chi connectivity index (χ0n) is 78.1. The van der Waals surface area contributed by atoms with Gasteiger partial charge in [-0.1, -0.05) is 83.1 Å². The normalized spacial score (nSPS) is 14.3. The van der Waals surface area contributed by atoms with E-state index in [1.54, 1.807) is 79.2 Å². The topological polar surface area (TPSA) is 476 Å². The quantitative estimate of drug-likeness (QED) is 0.0107. The highest BCUT2D eigenvalue weighted by atomic mass is 28.4. The fourth-order valence-corrected chi connectivity index (χ4v) is 17.2. The van der Waals surface area contributed by atoms with E-state index in [9.17, 15) is 48.6 Å². The van der Waals surface area contributed by atoms with Gasteiger partial charge in [-0.25, -0.2) is 39.9 Å². The molecule has 0 unspecified atom stereocenters. The Bertz CT molecular complexity index is 6030. The summed E-state index contributed by atoms with van der Waals surface area (Å²) in [4.78, 5) is 135. The number of aromatic amines is 1. The van der Waals surface area contributed by atoms with Crippen LogP contribution in [0.3, 0.4) is 0 Å². The Labute approximate surface area is 760 Å². The van der Waals surface area contributed by atoms with Crippen molar-refractivity contribution in [3.05, 3.63) is 181 Å². The van der Waals surface area contributed by atoms with Crippen LogP contribution in [0.25, 0.3) is 66.5 Å². The number of imide groups is 3. The second kappa shape index (κ2) is 41.6. The summed E-state index contributed by atoms with van der Waals surface area (Å²) in [5.74, 6) is -3.56.